The molecule has 19 heavy (non-hydrogen) atoms. The van der Waals surface area contributed by atoms with E-state index in [0.717, 1.165) is 17.8 Å². The van der Waals surface area contributed by atoms with E-state index in [-0.39, 0.29) is 12.4 Å². The van der Waals surface area contributed by atoms with Crippen molar-refractivity contribution in [3.8, 4) is 11.5 Å². The van der Waals surface area contributed by atoms with Gasteiger partial charge in [-0.25, -0.2) is 0 Å². The van der Waals surface area contributed by atoms with Gasteiger partial charge in [0.15, 0.2) is 5.82 Å². The molecule has 1 aromatic heterocycles. The van der Waals surface area contributed by atoms with E-state index in [1.165, 1.54) is 11.1 Å². The highest BCUT2D eigenvalue weighted by Crippen LogP contribution is 2.20. The summed E-state index contributed by atoms with van der Waals surface area (Å²) in [4.78, 5) is 4.43. The standard InChI is InChI=1S/C14H19N3O.ClH/c1-9-5-10(2)7-12(6-9)14-16-13(17-18-14)8-11(3)15-4;/h5-7,11,15H,8H2,1-4H3;1H. The number of nitrogens with zero attached hydrogens (tertiary/aromatic N) is 2. The normalized spacial score (nSPS) is 12.0. The lowest BCUT2D eigenvalue weighted by molar-refractivity contribution is 0.418. The van der Waals surface area contributed by atoms with Crippen LogP contribution in [0.1, 0.15) is 23.9 Å². The summed E-state index contributed by atoms with van der Waals surface area (Å²) in [6.07, 6.45) is 0.769. The summed E-state index contributed by atoms with van der Waals surface area (Å²) in [7, 11) is 1.93. The highest BCUT2D eigenvalue weighted by Gasteiger charge is 2.11. The molecule has 0 radical (unpaired) electrons. The summed E-state index contributed by atoms with van der Waals surface area (Å²) in [6, 6.07) is 6.59. The number of hydrogen-bond donors (Lipinski definition) is 1. The van der Waals surface area contributed by atoms with Gasteiger partial charge in [0.25, 0.3) is 5.89 Å². The fraction of sp³-hybridized carbons (Fsp3) is 0.429. The molecule has 0 bridgehead atoms. The lowest BCUT2D eigenvalue weighted by Gasteiger charge is -2.04. The van der Waals surface area contributed by atoms with Crippen LogP contribution in [0.2, 0.25) is 0 Å². The minimum Gasteiger partial charge on any atom is -0.334 e. The SMILES string of the molecule is CNC(C)Cc1noc(-c2cc(C)cc(C)c2)n1.Cl. The zero-order chi connectivity index (χ0) is 13.1. The van der Waals surface area contributed by atoms with E-state index in [4.69, 9.17) is 4.52 Å². The van der Waals surface area contributed by atoms with E-state index in [1.54, 1.807) is 0 Å². The maximum atomic E-state index is 5.32. The van der Waals surface area contributed by atoms with Crippen LogP contribution < -0.4 is 5.32 Å². The summed E-state index contributed by atoms with van der Waals surface area (Å²) in [5, 5.41) is 7.17. The first kappa shape index (κ1) is 15.7. The van der Waals surface area contributed by atoms with Gasteiger partial charge in [-0.15, -0.1) is 12.4 Å². The first-order valence-electron chi connectivity index (χ1n) is 6.17. The molecule has 4 nitrogen and oxygen atoms in total. The molecule has 2 rings (SSSR count). The second kappa shape index (κ2) is 6.68. The Morgan fingerprint density at radius 1 is 1.21 bits per heavy atom. The van der Waals surface area contributed by atoms with Crippen molar-refractivity contribution < 1.29 is 4.52 Å². The number of aryl methyl sites for hydroxylation is 2. The number of aromatic nitrogens is 2. The second-order valence-corrected chi connectivity index (χ2v) is 4.79. The quantitative estimate of drug-likeness (QED) is 0.936. The predicted octanol–water partition coefficient (Wildman–Crippen LogP) is 2.93. The van der Waals surface area contributed by atoms with Crippen molar-refractivity contribution in [2.24, 2.45) is 0 Å². The third kappa shape index (κ3) is 4.04. The van der Waals surface area contributed by atoms with Crippen LogP contribution in [0, 0.1) is 13.8 Å². The van der Waals surface area contributed by atoms with Crippen LogP contribution >= 0.6 is 12.4 Å². The molecule has 2 aromatic rings. The average Bonchev–Trinajstić information content (AvgIpc) is 2.76. The molecule has 104 valence electrons. The fourth-order valence-corrected chi connectivity index (χ4v) is 1.93. The molecule has 1 N–H and O–H groups in total. The van der Waals surface area contributed by atoms with Gasteiger partial charge in [-0.3, -0.25) is 0 Å². The van der Waals surface area contributed by atoms with Crippen LogP contribution in [0.3, 0.4) is 0 Å². The molecule has 5 heteroatoms. The van der Waals surface area contributed by atoms with Gasteiger partial charge in [-0.2, -0.15) is 4.98 Å². The van der Waals surface area contributed by atoms with Crippen LogP contribution in [-0.2, 0) is 6.42 Å². The summed E-state index contributed by atoms with van der Waals surface area (Å²) in [5.74, 6) is 1.34. The Balaban J connectivity index is 0.00000180. The number of hydrogen-bond acceptors (Lipinski definition) is 4. The Labute approximate surface area is 120 Å². The number of likely N-dealkylation sites (N-methyl/N-ethyl adjacent to an activating group) is 1. The van der Waals surface area contributed by atoms with E-state index in [0.29, 0.717) is 11.9 Å². The predicted molar refractivity (Wildman–Crippen MR) is 78.7 cm³/mol. The molecule has 1 aromatic carbocycles. The Morgan fingerprint density at radius 2 is 1.84 bits per heavy atom. The molecule has 0 saturated heterocycles. The molecule has 1 unspecified atom stereocenters. The number of benzene rings is 1. The smallest absolute Gasteiger partial charge is 0.257 e. The van der Waals surface area contributed by atoms with Crippen LogP contribution in [0.15, 0.2) is 22.7 Å². The topological polar surface area (TPSA) is 51.0 Å². The average molecular weight is 282 g/mol. The number of rotatable bonds is 4. The Hall–Kier alpha value is -1.39. The van der Waals surface area contributed by atoms with Crippen LogP contribution in [-0.4, -0.2) is 23.2 Å². The van der Waals surface area contributed by atoms with Gasteiger partial charge in [0.1, 0.15) is 0 Å². The van der Waals surface area contributed by atoms with Crippen molar-refractivity contribution in [2.75, 3.05) is 7.05 Å². The van der Waals surface area contributed by atoms with E-state index < -0.39 is 0 Å². The van der Waals surface area contributed by atoms with Gasteiger partial charge < -0.3 is 9.84 Å². The Morgan fingerprint density at radius 3 is 2.42 bits per heavy atom. The monoisotopic (exact) mass is 281 g/mol. The molecule has 0 spiro atoms. The first-order chi connectivity index (χ1) is 8.58. The second-order valence-electron chi connectivity index (χ2n) is 4.79. The number of halogens is 1. The van der Waals surface area contributed by atoms with E-state index in [2.05, 4.69) is 54.4 Å². The maximum Gasteiger partial charge on any atom is 0.257 e. The van der Waals surface area contributed by atoms with Crippen LogP contribution in [0.25, 0.3) is 11.5 Å². The summed E-state index contributed by atoms with van der Waals surface area (Å²) in [6.45, 7) is 6.22. The summed E-state index contributed by atoms with van der Waals surface area (Å²) < 4.78 is 5.32. The highest BCUT2D eigenvalue weighted by molar-refractivity contribution is 5.85. The first-order valence-corrected chi connectivity index (χ1v) is 6.17. The molecule has 1 atom stereocenters. The van der Waals surface area contributed by atoms with E-state index in [1.807, 2.05) is 7.05 Å². The van der Waals surface area contributed by atoms with Gasteiger partial charge in [-0.05, 0) is 40.0 Å². The van der Waals surface area contributed by atoms with Crippen molar-refractivity contribution in [3.05, 3.63) is 35.2 Å². The van der Waals surface area contributed by atoms with Crippen LogP contribution in [0.5, 0.6) is 0 Å². The third-order valence-corrected chi connectivity index (χ3v) is 2.92. The van der Waals surface area contributed by atoms with Crippen molar-refractivity contribution >= 4 is 12.4 Å². The van der Waals surface area contributed by atoms with Crippen molar-refractivity contribution in [1.29, 1.82) is 0 Å². The van der Waals surface area contributed by atoms with Crippen LogP contribution in [0.4, 0.5) is 0 Å². The van der Waals surface area contributed by atoms with E-state index in [9.17, 15) is 0 Å². The summed E-state index contributed by atoms with van der Waals surface area (Å²) in [5.41, 5.74) is 3.39. The minimum atomic E-state index is 0. The maximum absolute atomic E-state index is 5.32. The molecule has 0 amide bonds. The van der Waals surface area contributed by atoms with E-state index >= 15 is 0 Å². The van der Waals surface area contributed by atoms with Gasteiger partial charge >= 0.3 is 0 Å². The largest absolute Gasteiger partial charge is 0.334 e. The van der Waals surface area contributed by atoms with Crippen molar-refractivity contribution in [2.45, 2.75) is 33.2 Å². The molecule has 0 fully saturated rings. The molecular weight excluding hydrogens is 262 g/mol. The zero-order valence-corrected chi connectivity index (χ0v) is 12.5. The number of nitrogens with one attached hydrogen (secondary N) is 1. The fourth-order valence-electron chi connectivity index (χ4n) is 1.93. The lowest BCUT2D eigenvalue weighted by atomic mass is 10.1. The summed E-state index contributed by atoms with van der Waals surface area (Å²) >= 11 is 0. The molecule has 1 heterocycles. The minimum absolute atomic E-state index is 0. The highest BCUT2D eigenvalue weighted by atomic mass is 35.5. The Bertz CT molecular complexity index is 519. The molecular formula is C14H20ClN3O. The van der Waals surface area contributed by atoms with Gasteiger partial charge in [0.2, 0.25) is 0 Å². The van der Waals surface area contributed by atoms with Gasteiger partial charge in [-0.1, -0.05) is 22.3 Å². The lowest BCUT2D eigenvalue weighted by Crippen LogP contribution is -2.24. The van der Waals surface area contributed by atoms with Crippen molar-refractivity contribution in [1.82, 2.24) is 15.5 Å². The third-order valence-electron chi connectivity index (χ3n) is 2.92. The van der Waals surface area contributed by atoms with Gasteiger partial charge in [0.05, 0.1) is 0 Å². The molecule has 0 aliphatic heterocycles. The Kier molecular flexibility index (Phi) is 5.51. The molecule has 0 aliphatic rings. The molecule has 0 aliphatic carbocycles. The van der Waals surface area contributed by atoms with Gasteiger partial charge in [0, 0.05) is 18.0 Å². The van der Waals surface area contributed by atoms with Crippen molar-refractivity contribution in [3.63, 3.8) is 0 Å². The zero-order valence-electron chi connectivity index (χ0n) is 11.7. The molecule has 0 saturated carbocycles.